The lowest BCUT2D eigenvalue weighted by Crippen LogP contribution is -2.30. The molecule has 0 saturated carbocycles. The van der Waals surface area contributed by atoms with Crippen LogP contribution in [0.3, 0.4) is 0 Å². The van der Waals surface area contributed by atoms with Crippen molar-refractivity contribution < 1.29 is 28.6 Å². The van der Waals surface area contributed by atoms with Crippen molar-refractivity contribution in [1.29, 1.82) is 0 Å². The molecule has 0 aromatic heterocycles. The Morgan fingerprint density at radius 1 is 0.266 bits per heavy atom. The van der Waals surface area contributed by atoms with Crippen LogP contribution < -0.4 is 0 Å². The van der Waals surface area contributed by atoms with Crippen LogP contribution in [-0.4, -0.2) is 37.2 Å². The highest BCUT2D eigenvalue weighted by molar-refractivity contribution is 5.72. The summed E-state index contributed by atoms with van der Waals surface area (Å²) in [6.07, 6.45) is 96.6. The van der Waals surface area contributed by atoms with Gasteiger partial charge in [-0.05, 0) is 128 Å². The number of carbonyl (C=O) groups excluding carboxylic acids is 3. The number of allylic oxidation sites excluding steroid dienone is 27. The Labute approximate surface area is 485 Å². The summed E-state index contributed by atoms with van der Waals surface area (Å²) >= 11 is 0. The lowest BCUT2D eigenvalue weighted by atomic mass is 10.0. The predicted molar refractivity (Wildman–Crippen MR) is 343 cm³/mol. The maximum Gasteiger partial charge on any atom is 0.309 e. The van der Waals surface area contributed by atoms with Gasteiger partial charge in [0.15, 0.2) is 6.10 Å². The van der Waals surface area contributed by atoms with E-state index in [1.54, 1.807) is 6.08 Å². The summed E-state index contributed by atoms with van der Waals surface area (Å²) in [5.74, 6) is -1.08. The standard InChI is InChI=1S/C73H114O6/c1-4-7-10-13-16-19-22-25-28-30-32-34-36-38-40-42-45-48-51-54-57-60-63-66-72(75)78-69-70(68-77-71(74)65-62-59-56-53-50-47-44-27-24-21-18-15-12-9-6-3)79-73(76)67-64-61-58-55-52-49-46-43-41-39-37-35-33-31-29-26-23-20-17-14-11-8-5-2/h7-12,16-21,25-29,32-35,38,40,44,50,53,59,62,70H,4-6,13-15,22-24,30-31,36-37,39,41-43,45-49,51-52,54-58,60-61,63-69H2,1-3H3/b10-7-,11-8-,12-9-,19-16-,20-17-,21-18-,28-25-,29-26-,34-32-,35-33-,40-38-,44-27-,53-50-,62-59-. The molecule has 79 heavy (non-hydrogen) atoms. The fourth-order valence-corrected chi connectivity index (χ4v) is 8.12. The third-order valence-electron chi connectivity index (χ3n) is 12.7. The smallest absolute Gasteiger partial charge is 0.309 e. The molecule has 0 aliphatic rings. The van der Waals surface area contributed by atoms with Crippen LogP contribution in [0.5, 0.6) is 0 Å². The molecule has 442 valence electrons. The molecular weight excluding hydrogens is 973 g/mol. The zero-order valence-electron chi connectivity index (χ0n) is 50.6. The molecule has 0 heterocycles. The van der Waals surface area contributed by atoms with E-state index < -0.39 is 12.1 Å². The third-order valence-corrected chi connectivity index (χ3v) is 12.7. The van der Waals surface area contributed by atoms with Crippen LogP contribution >= 0.6 is 0 Å². The first-order valence-electron chi connectivity index (χ1n) is 31.6. The van der Waals surface area contributed by atoms with Gasteiger partial charge < -0.3 is 14.2 Å². The second-order valence-corrected chi connectivity index (χ2v) is 20.2. The van der Waals surface area contributed by atoms with Gasteiger partial charge in [0.1, 0.15) is 13.2 Å². The summed E-state index contributed by atoms with van der Waals surface area (Å²) in [6.45, 7) is 6.19. The molecule has 0 aromatic carbocycles. The number of ether oxygens (including phenoxy) is 3. The molecule has 0 aromatic rings. The molecule has 6 nitrogen and oxygen atoms in total. The van der Waals surface area contributed by atoms with Gasteiger partial charge in [0, 0.05) is 12.8 Å². The quantitative estimate of drug-likeness (QED) is 0.0261. The van der Waals surface area contributed by atoms with Crippen molar-refractivity contribution in [3.63, 3.8) is 0 Å². The summed E-state index contributed by atoms with van der Waals surface area (Å²) < 4.78 is 16.8. The van der Waals surface area contributed by atoms with Gasteiger partial charge in [-0.15, -0.1) is 0 Å². The normalized spacial score (nSPS) is 13.3. The number of esters is 3. The molecule has 0 amide bonds. The molecule has 0 bridgehead atoms. The van der Waals surface area contributed by atoms with Gasteiger partial charge in [-0.2, -0.15) is 0 Å². The number of carbonyl (C=O) groups is 3. The molecule has 0 fully saturated rings. The van der Waals surface area contributed by atoms with Gasteiger partial charge in [-0.1, -0.05) is 274 Å². The highest BCUT2D eigenvalue weighted by Crippen LogP contribution is 2.15. The number of unbranched alkanes of at least 4 members (excludes halogenated alkanes) is 17. The second kappa shape index (κ2) is 65.3. The second-order valence-electron chi connectivity index (χ2n) is 20.2. The van der Waals surface area contributed by atoms with Gasteiger partial charge >= 0.3 is 17.9 Å². The van der Waals surface area contributed by atoms with E-state index >= 15 is 0 Å². The molecule has 0 rings (SSSR count). The zero-order valence-corrected chi connectivity index (χ0v) is 50.6. The van der Waals surface area contributed by atoms with Crippen LogP contribution in [0.1, 0.15) is 252 Å². The van der Waals surface area contributed by atoms with Crippen molar-refractivity contribution in [2.45, 2.75) is 258 Å². The Balaban J connectivity index is 4.50. The molecule has 1 unspecified atom stereocenters. The molecule has 0 aliphatic carbocycles. The number of hydrogen-bond acceptors (Lipinski definition) is 6. The molecule has 6 heteroatoms. The average molecular weight is 1090 g/mol. The Kier molecular flexibility index (Phi) is 61.0. The summed E-state index contributed by atoms with van der Waals surface area (Å²) in [4.78, 5) is 38.3. The van der Waals surface area contributed by atoms with Crippen LogP contribution in [0, 0.1) is 0 Å². The summed E-state index contributed by atoms with van der Waals surface area (Å²) in [5, 5.41) is 0. The fourth-order valence-electron chi connectivity index (χ4n) is 8.12. The van der Waals surface area contributed by atoms with E-state index in [-0.39, 0.29) is 31.6 Å². The first-order valence-corrected chi connectivity index (χ1v) is 31.6. The highest BCUT2D eigenvalue weighted by Gasteiger charge is 2.19. The van der Waals surface area contributed by atoms with Gasteiger partial charge in [-0.25, -0.2) is 0 Å². The van der Waals surface area contributed by atoms with E-state index in [0.29, 0.717) is 12.8 Å². The van der Waals surface area contributed by atoms with E-state index in [0.717, 1.165) is 141 Å². The lowest BCUT2D eigenvalue weighted by molar-refractivity contribution is -0.166. The van der Waals surface area contributed by atoms with Crippen LogP contribution in [0.15, 0.2) is 170 Å². The minimum atomic E-state index is -0.836. The number of hydrogen-bond donors (Lipinski definition) is 0. The Hall–Kier alpha value is -5.23. The highest BCUT2D eigenvalue weighted by atomic mass is 16.6. The van der Waals surface area contributed by atoms with Crippen molar-refractivity contribution in [1.82, 2.24) is 0 Å². The van der Waals surface area contributed by atoms with Crippen molar-refractivity contribution >= 4 is 17.9 Å². The first-order chi connectivity index (χ1) is 39.0. The molecule has 0 radical (unpaired) electrons. The van der Waals surface area contributed by atoms with Gasteiger partial charge in [-0.3, -0.25) is 14.4 Å². The van der Waals surface area contributed by atoms with Gasteiger partial charge in [0.2, 0.25) is 0 Å². The lowest BCUT2D eigenvalue weighted by Gasteiger charge is -2.18. The zero-order chi connectivity index (χ0) is 57.1. The van der Waals surface area contributed by atoms with Crippen LogP contribution in [0.4, 0.5) is 0 Å². The van der Waals surface area contributed by atoms with Crippen LogP contribution in [-0.2, 0) is 28.6 Å². The van der Waals surface area contributed by atoms with Gasteiger partial charge in [0.25, 0.3) is 0 Å². The van der Waals surface area contributed by atoms with Crippen LogP contribution in [0.2, 0.25) is 0 Å². The molecule has 0 saturated heterocycles. The predicted octanol–water partition coefficient (Wildman–Crippen LogP) is 21.9. The van der Waals surface area contributed by atoms with Crippen molar-refractivity contribution in [3.8, 4) is 0 Å². The van der Waals surface area contributed by atoms with Crippen molar-refractivity contribution in [3.05, 3.63) is 170 Å². The minimum Gasteiger partial charge on any atom is -0.462 e. The maximum atomic E-state index is 12.9. The monoisotopic (exact) mass is 1090 g/mol. The molecule has 0 spiro atoms. The van der Waals surface area contributed by atoms with E-state index in [2.05, 4.69) is 179 Å². The van der Waals surface area contributed by atoms with E-state index in [4.69, 9.17) is 14.2 Å². The maximum absolute atomic E-state index is 12.9. The van der Waals surface area contributed by atoms with E-state index in [1.807, 2.05) is 6.08 Å². The summed E-state index contributed by atoms with van der Waals surface area (Å²) in [6, 6.07) is 0. The van der Waals surface area contributed by atoms with E-state index in [1.165, 1.54) is 70.6 Å². The number of rotatable bonds is 55. The molecular formula is C73H114O6. The Bertz CT molecular complexity index is 1820. The minimum absolute atomic E-state index is 0.116. The Morgan fingerprint density at radius 3 is 0.823 bits per heavy atom. The molecule has 0 N–H and O–H groups in total. The average Bonchev–Trinajstić information content (AvgIpc) is 3.45. The third kappa shape index (κ3) is 63.5. The first kappa shape index (κ1) is 73.8. The van der Waals surface area contributed by atoms with Crippen molar-refractivity contribution in [2.75, 3.05) is 13.2 Å². The molecule has 0 aliphatic heterocycles. The fraction of sp³-hybridized carbons (Fsp3) is 0.575. The SMILES string of the molecule is CC/C=C\C/C=C\C/C=C\C/C=C\C/C=C\CCCCCCCCCC(=O)OCC(COC(=O)C/C=C\C/C=C\C/C=C\C/C=C\C/C=C\CC)OC(=O)CCCCCCCCCCCC/C=C\C/C=C\C/C=C\C/C=C\CC. The molecule has 1 atom stereocenters. The summed E-state index contributed by atoms with van der Waals surface area (Å²) in [7, 11) is 0. The summed E-state index contributed by atoms with van der Waals surface area (Å²) in [5.41, 5.74) is 0. The van der Waals surface area contributed by atoms with E-state index in [9.17, 15) is 14.4 Å². The van der Waals surface area contributed by atoms with Gasteiger partial charge in [0.05, 0.1) is 6.42 Å². The van der Waals surface area contributed by atoms with Crippen molar-refractivity contribution in [2.24, 2.45) is 0 Å². The van der Waals surface area contributed by atoms with Crippen LogP contribution in [0.25, 0.3) is 0 Å². The topological polar surface area (TPSA) is 78.9 Å². The Morgan fingerprint density at radius 2 is 0.506 bits per heavy atom. The largest absolute Gasteiger partial charge is 0.462 e.